The summed E-state index contributed by atoms with van der Waals surface area (Å²) in [5, 5.41) is 20.4. The van der Waals surface area contributed by atoms with Gasteiger partial charge in [0.25, 0.3) is 0 Å². The summed E-state index contributed by atoms with van der Waals surface area (Å²) in [5.41, 5.74) is -4.94. The molecule has 1 atom stereocenters. The number of carboxylic acids is 1. The molecule has 0 bridgehead atoms. The average molecular weight is 478 g/mol. The predicted molar refractivity (Wildman–Crippen MR) is 118 cm³/mol. The van der Waals surface area contributed by atoms with Gasteiger partial charge in [-0.05, 0) is 42.2 Å². The molecule has 1 aromatic heterocycles. The number of methoxy groups -OCH3 is 1. The van der Waals surface area contributed by atoms with E-state index in [1.165, 1.54) is 51.3 Å². The number of alkyl halides is 3. The summed E-state index contributed by atoms with van der Waals surface area (Å²) in [5.74, 6) is -1.80. The number of hydrogen-bond donors (Lipinski definition) is 2. The molecule has 0 fully saturated rings. The third-order valence-corrected chi connectivity index (χ3v) is 5.43. The van der Waals surface area contributed by atoms with Crippen LogP contribution in [0.5, 0.6) is 5.75 Å². The zero-order valence-electron chi connectivity index (χ0n) is 18.5. The Kier molecular flexibility index (Phi) is 6.66. The van der Waals surface area contributed by atoms with Crippen molar-refractivity contribution in [2.75, 3.05) is 7.11 Å². The molecule has 34 heavy (non-hydrogen) atoms. The molecule has 0 aliphatic heterocycles. The van der Waals surface area contributed by atoms with Gasteiger partial charge in [0.15, 0.2) is 5.60 Å². The van der Waals surface area contributed by atoms with Gasteiger partial charge in [-0.15, -0.1) is 0 Å². The first-order valence-electron chi connectivity index (χ1n) is 10.1. The maximum atomic E-state index is 14.1. The molecule has 3 aromatic rings. The van der Waals surface area contributed by atoms with Gasteiger partial charge in [0.05, 0.1) is 18.3 Å². The Labute approximate surface area is 192 Å². The summed E-state index contributed by atoms with van der Waals surface area (Å²) in [4.78, 5) is 19.1. The Morgan fingerprint density at radius 2 is 1.85 bits per heavy atom. The zero-order valence-corrected chi connectivity index (χ0v) is 18.5. The molecule has 0 aliphatic rings. The molecule has 6 nitrogen and oxygen atoms in total. The highest BCUT2D eigenvalue weighted by atomic mass is 19.4. The molecule has 3 rings (SSSR count). The summed E-state index contributed by atoms with van der Waals surface area (Å²) in [6.07, 6.45) is -5.66. The second-order valence-electron chi connectivity index (χ2n) is 8.44. The van der Waals surface area contributed by atoms with Crippen LogP contribution in [0.25, 0.3) is 10.9 Å². The third-order valence-electron chi connectivity index (χ3n) is 5.43. The molecule has 10 heteroatoms. The normalized spacial score (nSPS) is 14.4. The monoisotopic (exact) mass is 478 g/mol. The lowest BCUT2D eigenvalue weighted by atomic mass is 9.74. The minimum atomic E-state index is -5.13. The maximum absolute atomic E-state index is 14.1. The van der Waals surface area contributed by atoms with Crippen molar-refractivity contribution in [2.24, 2.45) is 4.99 Å². The molecule has 180 valence electrons. The van der Waals surface area contributed by atoms with Crippen LogP contribution in [0.15, 0.2) is 53.5 Å². The van der Waals surface area contributed by atoms with Gasteiger partial charge in [-0.1, -0.05) is 32.0 Å². The summed E-state index contributed by atoms with van der Waals surface area (Å²) < 4.78 is 61.2. The molecule has 1 heterocycles. The molecular weight excluding hydrogens is 456 g/mol. The van der Waals surface area contributed by atoms with Crippen LogP contribution in [-0.2, 0) is 5.41 Å². The van der Waals surface area contributed by atoms with Crippen LogP contribution in [-0.4, -0.2) is 46.3 Å². The van der Waals surface area contributed by atoms with Crippen LogP contribution in [0, 0.1) is 5.82 Å². The molecule has 2 N–H and O–H groups in total. The number of rotatable bonds is 7. The van der Waals surface area contributed by atoms with Gasteiger partial charge in [0.2, 0.25) is 0 Å². The van der Waals surface area contributed by atoms with E-state index >= 15 is 0 Å². The first-order chi connectivity index (χ1) is 15.8. The van der Waals surface area contributed by atoms with E-state index in [1.54, 1.807) is 6.07 Å². The minimum absolute atomic E-state index is 0.0515. The van der Waals surface area contributed by atoms with Crippen molar-refractivity contribution in [1.29, 1.82) is 0 Å². The highest BCUT2D eigenvalue weighted by Gasteiger charge is 2.55. The maximum Gasteiger partial charge on any atom is 0.422 e. The number of fused-ring (bicyclic) bond motifs is 1. The van der Waals surface area contributed by atoms with Gasteiger partial charge in [0, 0.05) is 17.2 Å². The molecular formula is C24H22F4N2O4. The first kappa shape index (κ1) is 25.1. The SMILES string of the molecule is COc1ccc(F)cc1C(C)(C)CC(O)(C=Nc1cccc2ccc(C(=O)O)nc12)C(F)(F)F. The standard InChI is InChI=1S/C24H22F4N2O4/c1-22(2,16-11-15(25)8-10-19(16)34-3)12-23(33,24(26,27)28)13-29-17-6-4-5-14-7-9-18(21(31)32)30-20(14)17/h4-11,13,33H,12H2,1-3H3,(H,31,32). The van der Waals surface area contributed by atoms with Gasteiger partial charge in [-0.3, -0.25) is 4.99 Å². The second kappa shape index (κ2) is 9.02. The molecule has 2 aromatic carbocycles. The Morgan fingerprint density at radius 1 is 1.15 bits per heavy atom. The van der Waals surface area contributed by atoms with Gasteiger partial charge >= 0.3 is 12.1 Å². The number of nitrogens with zero attached hydrogens (tertiary/aromatic N) is 2. The summed E-state index contributed by atoms with van der Waals surface area (Å²) in [6, 6.07) is 10.7. The molecule has 0 saturated carbocycles. The topological polar surface area (TPSA) is 92.0 Å². The number of aliphatic hydroxyl groups is 1. The van der Waals surface area contributed by atoms with Crippen molar-refractivity contribution < 1.29 is 37.3 Å². The van der Waals surface area contributed by atoms with Crippen LogP contribution in [0.4, 0.5) is 23.2 Å². The van der Waals surface area contributed by atoms with Crippen LogP contribution in [0.2, 0.25) is 0 Å². The van der Waals surface area contributed by atoms with Gasteiger partial charge in [-0.25, -0.2) is 14.2 Å². The van der Waals surface area contributed by atoms with Crippen LogP contribution < -0.4 is 4.74 Å². The van der Waals surface area contributed by atoms with E-state index in [9.17, 15) is 32.6 Å². The van der Waals surface area contributed by atoms with Crippen LogP contribution in [0.1, 0.15) is 36.3 Å². The molecule has 1 unspecified atom stereocenters. The Morgan fingerprint density at radius 3 is 2.47 bits per heavy atom. The number of carboxylic acid groups (broad SMARTS) is 1. The first-order valence-corrected chi connectivity index (χ1v) is 10.1. The number of hydrogen-bond acceptors (Lipinski definition) is 5. The smallest absolute Gasteiger partial charge is 0.422 e. The van der Waals surface area contributed by atoms with Crippen molar-refractivity contribution in [1.82, 2.24) is 4.98 Å². The number of ether oxygens (including phenoxy) is 1. The van der Waals surface area contributed by atoms with E-state index in [0.29, 0.717) is 11.6 Å². The molecule has 0 radical (unpaired) electrons. The van der Waals surface area contributed by atoms with Gasteiger partial charge in [0.1, 0.15) is 17.3 Å². The highest BCUT2D eigenvalue weighted by molar-refractivity contribution is 5.95. The Balaban J connectivity index is 2.07. The van der Waals surface area contributed by atoms with E-state index in [-0.39, 0.29) is 28.2 Å². The van der Waals surface area contributed by atoms with Gasteiger partial charge in [-0.2, -0.15) is 13.2 Å². The summed E-state index contributed by atoms with van der Waals surface area (Å²) in [6.45, 7) is 2.85. The van der Waals surface area contributed by atoms with Crippen molar-refractivity contribution in [3.8, 4) is 5.75 Å². The number of para-hydroxylation sites is 1. The molecule has 0 spiro atoms. The van der Waals surface area contributed by atoms with E-state index in [1.807, 2.05) is 0 Å². The lowest BCUT2D eigenvalue weighted by Crippen LogP contribution is -2.50. The number of benzene rings is 2. The number of halogens is 4. The zero-order chi connectivity index (χ0) is 25.3. The quantitative estimate of drug-likeness (QED) is 0.348. The van der Waals surface area contributed by atoms with Crippen molar-refractivity contribution in [2.45, 2.75) is 37.5 Å². The fourth-order valence-electron chi connectivity index (χ4n) is 3.73. The number of aliphatic imine (C=N–C) groups is 1. The van der Waals surface area contributed by atoms with E-state index in [0.717, 1.165) is 12.1 Å². The van der Waals surface area contributed by atoms with Crippen LogP contribution >= 0.6 is 0 Å². The Bertz CT molecular complexity index is 1260. The molecule has 0 aliphatic carbocycles. The second-order valence-corrected chi connectivity index (χ2v) is 8.44. The fraction of sp³-hybridized carbons (Fsp3) is 0.292. The van der Waals surface area contributed by atoms with E-state index in [4.69, 9.17) is 4.74 Å². The summed E-state index contributed by atoms with van der Waals surface area (Å²) >= 11 is 0. The molecule has 0 saturated heterocycles. The number of aromatic carboxylic acids is 1. The van der Waals surface area contributed by atoms with Crippen molar-refractivity contribution in [3.63, 3.8) is 0 Å². The van der Waals surface area contributed by atoms with Crippen molar-refractivity contribution in [3.05, 3.63) is 65.6 Å². The highest BCUT2D eigenvalue weighted by Crippen LogP contribution is 2.43. The fourth-order valence-corrected chi connectivity index (χ4v) is 3.73. The lowest BCUT2D eigenvalue weighted by molar-refractivity contribution is -0.234. The van der Waals surface area contributed by atoms with E-state index in [2.05, 4.69) is 9.98 Å². The Hall–Kier alpha value is -3.53. The largest absolute Gasteiger partial charge is 0.496 e. The van der Waals surface area contributed by atoms with Gasteiger partial charge < -0.3 is 14.9 Å². The van der Waals surface area contributed by atoms with Crippen molar-refractivity contribution >= 4 is 28.8 Å². The lowest BCUT2D eigenvalue weighted by Gasteiger charge is -2.36. The van der Waals surface area contributed by atoms with Crippen LogP contribution in [0.3, 0.4) is 0 Å². The van der Waals surface area contributed by atoms with E-state index < -0.39 is 35.4 Å². The summed E-state index contributed by atoms with van der Waals surface area (Å²) in [7, 11) is 1.31. The molecule has 0 amide bonds. The predicted octanol–water partition coefficient (Wildman–Crippen LogP) is 5.44. The average Bonchev–Trinajstić information content (AvgIpc) is 2.76. The number of carbonyl (C=O) groups is 1. The number of pyridine rings is 1. The third kappa shape index (κ3) is 5.01. The minimum Gasteiger partial charge on any atom is -0.496 e. The number of aromatic nitrogens is 1.